The van der Waals surface area contributed by atoms with Crippen molar-refractivity contribution in [2.75, 3.05) is 12.9 Å². The molecule has 0 aromatic heterocycles. The predicted octanol–water partition coefficient (Wildman–Crippen LogP) is 2.46. The van der Waals surface area contributed by atoms with Gasteiger partial charge in [-0.15, -0.1) is 11.8 Å². The Bertz CT molecular complexity index is 1400. The van der Waals surface area contributed by atoms with Crippen LogP contribution in [0, 0.1) is 0 Å². The van der Waals surface area contributed by atoms with Gasteiger partial charge in [-0.05, 0) is 23.3 Å². The Hall–Kier alpha value is -3.72. The van der Waals surface area contributed by atoms with E-state index in [-0.39, 0.29) is 13.0 Å². The van der Waals surface area contributed by atoms with Crippen molar-refractivity contribution < 1.29 is 49.6 Å². The number of carbonyl (C=O) groups is 3. The number of β-lactam (4-membered cyclic amide) rings is 1. The summed E-state index contributed by atoms with van der Waals surface area (Å²) in [6.07, 6.45) is -0.0349. The first-order valence-corrected chi connectivity index (χ1v) is 13.7. The molecule has 0 saturated carbocycles. The highest BCUT2D eigenvalue weighted by Gasteiger charge is 2.57. The van der Waals surface area contributed by atoms with Crippen LogP contribution in [0.25, 0.3) is 0 Å². The normalized spacial score (nSPS) is 19.1. The molecule has 39 heavy (non-hydrogen) atoms. The van der Waals surface area contributed by atoms with Crippen LogP contribution < -0.4 is 10.1 Å². The van der Waals surface area contributed by atoms with Crippen LogP contribution >= 0.6 is 11.8 Å². The Morgan fingerprint density at radius 3 is 2.36 bits per heavy atom. The van der Waals surface area contributed by atoms with E-state index in [1.54, 1.807) is 54.6 Å². The van der Waals surface area contributed by atoms with Crippen LogP contribution in [-0.4, -0.2) is 60.9 Å². The van der Waals surface area contributed by atoms with Gasteiger partial charge in [0, 0.05) is 0 Å². The molecule has 2 heterocycles. The fraction of sp³-hybridized carbons (Fsp3) is 0.292. The van der Waals surface area contributed by atoms with Crippen molar-refractivity contribution in [1.29, 1.82) is 0 Å². The van der Waals surface area contributed by atoms with E-state index >= 15 is 0 Å². The summed E-state index contributed by atoms with van der Waals surface area (Å²) in [4.78, 5) is 39.2. The largest absolute Gasteiger partial charge is 0.534 e. The molecular formula is C24H21F3N2O8S2. The van der Waals surface area contributed by atoms with Crippen LogP contribution in [0.3, 0.4) is 0 Å². The minimum atomic E-state index is -6.14. The maximum absolute atomic E-state index is 13.0. The molecule has 0 aliphatic carbocycles. The number of fused-ring (bicyclic) bond motifs is 1. The second kappa shape index (κ2) is 11.2. The summed E-state index contributed by atoms with van der Waals surface area (Å²) in [6, 6.07) is 13.9. The van der Waals surface area contributed by atoms with E-state index in [0.717, 1.165) is 16.7 Å². The standard InChI is InChI=1S/C24H21F3N2O8S2/c1-35-16-9-7-15(8-10-16)12-36-23(32)20-17(37-39(33,34)24(25,26)27)13-38-22-19(21(31)29(20)22)28-18(30)11-14-5-3-2-4-6-14/h2-10,19,22H,11-13H2,1H3,(H,28,30)/t19-,22+/m1/s1. The highest BCUT2D eigenvalue weighted by atomic mass is 32.2. The number of ether oxygens (including phenoxy) is 2. The number of methoxy groups -OCH3 is 1. The highest BCUT2D eigenvalue weighted by Crippen LogP contribution is 2.42. The summed E-state index contributed by atoms with van der Waals surface area (Å²) < 4.78 is 76.9. The molecule has 2 aliphatic rings. The van der Waals surface area contributed by atoms with Crippen LogP contribution in [-0.2, 0) is 46.4 Å². The maximum atomic E-state index is 13.0. The number of hydrogen-bond acceptors (Lipinski definition) is 9. The highest BCUT2D eigenvalue weighted by molar-refractivity contribution is 8.00. The Labute approximate surface area is 225 Å². The molecule has 2 aromatic rings. The summed E-state index contributed by atoms with van der Waals surface area (Å²) >= 11 is 0.826. The fourth-order valence-electron chi connectivity index (χ4n) is 3.77. The Balaban J connectivity index is 1.54. The predicted molar refractivity (Wildman–Crippen MR) is 131 cm³/mol. The lowest BCUT2D eigenvalue weighted by molar-refractivity contribution is -0.153. The van der Waals surface area contributed by atoms with E-state index in [1.165, 1.54) is 7.11 Å². The number of benzene rings is 2. The molecule has 1 N–H and O–H groups in total. The second-order valence-electron chi connectivity index (χ2n) is 8.30. The van der Waals surface area contributed by atoms with Gasteiger partial charge in [-0.3, -0.25) is 14.5 Å². The minimum Gasteiger partial charge on any atom is -0.497 e. The molecule has 10 nitrogen and oxygen atoms in total. The number of halogens is 3. The number of thioether (sulfide) groups is 1. The summed E-state index contributed by atoms with van der Waals surface area (Å²) in [5.74, 6) is -3.49. The first-order chi connectivity index (χ1) is 18.4. The number of carbonyl (C=O) groups excluding carboxylic acids is 3. The van der Waals surface area contributed by atoms with Crippen molar-refractivity contribution in [3.63, 3.8) is 0 Å². The van der Waals surface area contributed by atoms with E-state index in [1.807, 2.05) is 0 Å². The zero-order valence-electron chi connectivity index (χ0n) is 20.1. The van der Waals surface area contributed by atoms with Gasteiger partial charge in [-0.1, -0.05) is 42.5 Å². The molecule has 2 aromatic carbocycles. The summed E-state index contributed by atoms with van der Waals surface area (Å²) in [5, 5.41) is 1.65. The maximum Gasteiger partial charge on any atom is 0.534 e. The number of hydrogen-bond donors (Lipinski definition) is 1. The second-order valence-corrected chi connectivity index (χ2v) is 10.9. The molecule has 2 aliphatic heterocycles. The zero-order valence-corrected chi connectivity index (χ0v) is 21.8. The molecule has 15 heteroatoms. The monoisotopic (exact) mass is 586 g/mol. The van der Waals surface area contributed by atoms with E-state index < -0.39 is 62.0 Å². The van der Waals surface area contributed by atoms with Crippen LogP contribution in [0.15, 0.2) is 66.1 Å². The third kappa shape index (κ3) is 6.14. The number of nitrogens with one attached hydrogen (secondary N) is 1. The van der Waals surface area contributed by atoms with Crippen molar-refractivity contribution in [1.82, 2.24) is 10.2 Å². The quantitative estimate of drug-likeness (QED) is 0.204. The smallest absolute Gasteiger partial charge is 0.497 e. The lowest BCUT2D eigenvalue weighted by Crippen LogP contribution is -2.70. The molecule has 4 rings (SSSR count). The van der Waals surface area contributed by atoms with Gasteiger partial charge in [0.15, 0.2) is 11.5 Å². The third-order valence-electron chi connectivity index (χ3n) is 5.67. The topological polar surface area (TPSA) is 128 Å². The molecular weight excluding hydrogens is 565 g/mol. The molecule has 0 spiro atoms. The third-order valence-corrected chi connectivity index (χ3v) is 7.91. The van der Waals surface area contributed by atoms with E-state index in [4.69, 9.17) is 9.47 Å². The Kier molecular flexibility index (Phi) is 8.11. The first kappa shape index (κ1) is 28.3. The Morgan fingerprint density at radius 2 is 1.74 bits per heavy atom. The average molecular weight is 587 g/mol. The van der Waals surface area contributed by atoms with Crippen LogP contribution in [0.5, 0.6) is 5.75 Å². The average Bonchev–Trinajstić information content (AvgIpc) is 2.90. The van der Waals surface area contributed by atoms with Gasteiger partial charge in [-0.25, -0.2) is 4.79 Å². The van der Waals surface area contributed by atoms with Crippen molar-refractivity contribution in [3.8, 4) is 5.75 Å². The molecule has 1 fully saturated rings. The molecule has 2 amide bonds. The summed E-state index contributed by atoms with van der Waals surface area (Å²) in [7, 11) is -4.69. The number of esters is 1. The first-order valence-electron chi connectivity index (χ1n) is 11.2. The Morgan fingerprint density at radius 1 is 1.08 bits per heavy atom. The minimum absolute atomic E-state index is 0.0349. The van der Waals surface area contributed by atoms with Gasteiger partial charge < -0.3 is 19.0 Å². The van der Waals surface area contributed by atoms with Crippen molar-refractivity contribution >= 4 is 39.7 Å². The van der Waals surface area contributed by atoms with Gasteiger partial charge in [0.2, 0.25) is 5.91 Å². The number of nitrogens with zero attached hydrogens (tertiary/aromatic N) is 1. The van der Waals surface area contributed by atoms with Crippen LogP contribution in [0.4, 0.5) is 13.2 Å². The molecule has 0 radical (unpaired) electrons. The van der Waals surface area contributed by atoms with E-state index in [0.29, 0.717) is 16.9 Å². The zero-order chi connectivity index (χ0) is 28.4. The van der Waals surface area contributed by atoms with E-state index in [9.17, 15) is 36.0 Å². The van der Waals surface area contributed by atoms with Crippen molar-refractivity contribution in [2.24, 2.45) is 0 Å². The van der Waals surface area contributed by atoms with Crippen LogP contribution in [0.1, 0.15) is 11.1 Å². The number of alkyl halides is 3. The van der Waals surface area contributed by atoms with Gasteiger partial charge in [0.25, 0.3) is 5.91 Å². The molecule has 0 bridgehead atoms. The van der Waals surface area contributed by atoms with Gasteiger partial charge >= 0.3 is 21.6 Å². The van der Waals surface area contributed by atoms with Gasteiger partial charge in [-0.2, -0.15) is 21.6 Å². The van der Waals surface area contributed by atoms with Gasteiger partial charge in [0.05, 0.1) is 19.3 Å². The molecule has 1 saturated heterocycles. The van der Waals surface area contributed by atoms with Crippen molar-refractivity contribution in [3.05, 3.63) is 77.2 Å². The number of rotatable bonds is 9. The van der Waals surface area contributed by atoms with Crippen molar-refractivity contribution in [2.45, 2.75) is 30.0 Å². The molecule has 208 valence electrons. The lowest BCUT2D eigenvalue weighted by atomic mass is 10.0. The SMILES string of the molecule is COc1ccc(COC(=O)C2=C(OS(=O)(=O)C(F)(F)F)CS[C@H]3[C@H](NC(=O)Cc4ccccc4)C(=O)N23)cc1. The van der Waals surface area contributed by atoms with Gasteiger partial charge in [0.1, 0.15) is 23.8 Å². The molecule has 2 atom stereocenters. The summed E-state index contributed by atoms with van der Waals surface area (Å²) in [6.45, 7) is -0.345. The molecule has 0 unspecified atom stereocenters. The lowest BCUT2D eigenvalue weighted by Gasteiger charge is -2.49. The fourth-order valence-corrected chi connectivity index (χ4v) is 5.59. The van der Waals surface area contributed by atoms with E-state index in [2.05, 4.69) is 9.50 Å². The summed E-state index contributed by atoms with van der Waals surface area (Å²) in [5.41, 5.74) is -5.38. The number of amides is 2. The van der Waals surface area contributed by atoms with Crippen LogP contribution in [0.2, 0.25) is 0 Å².